The average molecular weight is 366 g/mol. The zero-order chi connectivity index (χ0) is 19.4. The molecule has 0 fully saturated rings. The van der Waals surface area contributed by atoms with Crippen molar-refractivity contribution in [3.8, 4) is 11.3 Å². The lowest BCUT2D eigenvalue weighted by molar-refractivity contribution is -0.138. The fourth-order valence-electron chi connectivity index (χ4n) is 2.57. The van der Waals surface area contributed by atoms with Gasteiger partial charge in [0.2, 0.25) is 0 Å². The van der Waals surface area contributed by atoms with E-state index in [0.29, 0.717) is 5.69 Å². The van der Waals surface area contributed by atoms with E-state index in [-0.39, 0.29) is 5.70 Å². The highest BCUT2D eigenvalue weighted by Gasteiger charge is 2.14. The van der Waals surface area contributed by atoms with E-state index in [1.54, 1.807) is 16.8 Å². The molecule has 0 aliphatic heterocycles. The van der Waals surface area contributed by atoms with Crippen LogP contribution in [0.1, 0.15) is 5.69 Å². The van der Waals surface area contributed by atoms with Gasteiger partial charge in [-0.1, -0.05) is 12.1 Å². The summed E-state index contributed by atoms with van der Waals surface area (Å²) < 4.78 is 11.0. The zero-order valence-electron chi connectivity index (χ0n) is 15.1. The predicted molar refractivity (Wildman–Crippen MR) is 98.9 cm³/mol. The SMILES string of the molecule is COC(=O)/C=C(/Nc1cccc(-c2ccnc3cc(C)nn23)c1)C(=O)OC. The third-order valence-electron chi connectivity index (χ3n) is 3.79. The second kappa shape index (κ2) is 7.69. The van der Waals surface area contributed by atoms with Gasteiger partial charge in [0.15, 0.2) is 5.65 Å². The Kier molecular flexibility index (Phi) is 5.16. The summed E-state index contributed by atoms with van der Waals surface area (Å²) in [5.74, 6) is -1.35. The van der Waals surface area contributed by atoms with E-state index in [0.717, 1.165) is 28.7 Å². The standard InChI is InChI=1S/C19H18N4O4/c1-12-9-17-20-8-7-16(23(17)22-12)13-5-4-6-14(10-13)21-15(19(25)27-3)11-18(24)26-2/h4-11,21H,1-3H3/b15-11+. The summed E-state index contributed by atoms with van der Waals surface area (Å²) in [6, 6.07) is 11.1. The Balaban J connectivity index is 1.98. The van der Waals surface area contributed by atoms with Crippen LogP contribution in [0.2, 0.25) is 0 Å². The molecule has 8 heteroatoms. The molecule has 1 N–H and O–H groups in total. The van der Waals surface area contributed by atoms with Crippen LogP contribution in [0.3, 0.4) is 0 Å². The summed E-state index contributed by atoms with van der Waals surface area (Å²) in [5, 5.41) is 7.36. The number of anilines is 1. The van der Waals surface area contributed by atoms with Crippen LogP contribution in [0.4, 0.5) is 5.69 Å². The first-order valence-electron chi connectivity index (χ1n) is 8.08. The number of hydrogen-bond acceptors (Lipinski definition) is 7. The molecule has 8 nitrogen and oxygen atoms in total. The molecule has 2 aromatic heterocycles. The monoisotopic (exact) mass is 366 g/mol. The highest BCUT2D eigenvalue weighted by atomic mass is 16.5. The quantitative estimate of drug-likeness (QED) is 0.547. The van der Waals surface area contributed by atoms with Gasteiger partial charge in [-0.15, -0.1) is 0 Å². The molecule has 138 valence electrons. The topological polar surface area (TPSA) is 94.8 Å². The molecule has 3 rings (SSSR count). The minimum absolute atomic E-state index is 0.0312. The largest absolute Gasteiger partial charge is 0.466 e. The van der Waals surface area contributed by atoms with Crippen molar-refractivity contribution in [2.24, 2.45) is 0 Å². The molecule has 0 bridgehead atoms. The minimum atomic E-state index is -0.681. The van der Waals surface area contributed by atoms with Crippen molar-refractivity contribution < 1.29 is 19.1 Å². The molecule has 27 heavy (non-hydrogen) atoms. The van der Waals surface area contributed by atoms with Gasteiger partial charge in [0.25, 0.3) is 0 Å². The molecular weight excluding hydrogens is 348 g/mol. The Morgan fingerprint density at radius 2 is 1.96 bits per heavy atom. The van der Waals surface area contributed by atoms with Crippen molar-refractivity contribution in [3.63, 3.8) is 0 Å². The van der Waals surface area contributed by atoms with Gasteiger partial charge >= 0.3 is 11.9 Å². The number of carbonyl (C=O) groups is 2. The number of aromatic nitrogens is 3. The lowest BCUT2D eigenvalue weighted by Crippen LogP contribution is -2.15. The summed E-state index contributed by atoms with van der Waals surface area (Å²) in [4.78, 5) is 27.7. The second-order valence-corrected chi connectivity index (χ2v) is 5.66. The van der Waals surface area contributed by atoms with Crippen LogP contribution in [-0.4, -0.2) is 40.8 Å². The Labute approximate surface area is 155 Å². The third-order valence-corrected chi connectivity index (χ3v) is 3.79. The number of hydrogen-bond donors (Lipinski definition) is 1. The number of benzene rings is 1. The maximum absolute atomic E-state index is 11.9. The van der Waals surface area contributed by atoms with Gasteiger partial charge in [-0.2, -0.15) is 5.10 Å². The van der Waals surface area contributed by atoms with Crippen molar-refractivity contribution in [1.82, 2.24) is 14.6 Å². The Morgan fingerprint density at radius 1 is 1.15 bits per heavy atom. The molecule has 0 saturated carbocycles. The second-order valence-electron chi connectivity index (χ2n) is 5.66. The van der Waals surface area contributed by atoms with Crippen LogP contribution < -0.4 is 5.32 Å². The Morgan fingerprint density at radius 3 is 2.70 bits per heavy atom. The first-order chi connectivity index (χ1) is 13.0. The van der Waals surface area contributed by atoms with E-state index in [1.165, 1.54) is 14.2 Å². The molecule has 0 radical (unpaired) electrons. The van der Waals surface area contributed by atoms with Crippen LogP contribution in [-0.2, 0) is 19.1 Å². The molecule has 0 spiro atoms. The van der Waals surface area contributed by atoms with Crippen LogP contribution in [0.5, 0.6) is 0 Å². The number of rotatable bonds is 5. The first-order valence-corrected chi connectivity index (χ1v) is 8.08. The number of methoxy groups -OCH3 is 2. The van der Waals surface area contributed by atoms with E-state index >= 15 is 0 Å². The van der Waals surface area contributed by atoms with Gasteiger partial charge in [-0.05, 0) is 25.1 Å². The normalized spacial score (nSPS) is 11.3. The van der Waals surface area contributed by atoms with Crippen molar-refractivity contribution in [1.29, 1.82) is 0 Å². The number of aryl methyl sites for hydroxylation is 1. The summed E-state index contributed by atoms with van der Waals surface area (Å²) in [6.07, 6.45) is 2.75. The van der Waals surface area contributed by atoms with Gasteiger partial charge in [0, 0.05) is 23.5 Å². The zero-order valence-corrected chi connectivity index (χ0v) is 15.1. The first kappa shape index (κ1) is 18.1. The number of ether oxygens (including phenoxy) is 2. The van der Waals surface area contributed by atoms with Gasteiger partial charge in [-0.25, -0.2) is 19.1 Å². The fourth-order valence-corrected chi connectivity index (χ4v) is 2.57. The summed E-state index contributed by atoms with van der Waals surface area (Å²) in [5.41, 5.74) is 3.87. The van der Waals surface area contributed by atoms with Gasteiger partial charge in [0.05, 0.1) is 31.7 Å². The number of nitrogens with one attached hydrogen (secondary N) is 1. The molecule has 1 aromatic carbocycles. The maximum Gasteiger partial charge on any atom is 0.354 e. The molecule has 0 unspecified atom stereocenters. The Bertz CT molecular complexity index is 1040. The van der Waals surface area contributed by atoms with Crippen molar-refractivity contribution in [2.75, 3.05) is 19.5 Å². The Hall–Kier alpha value is -3.68. The maximum atomic E-state index is 11.9. The summed E-state index contributed by atoms with van der Waals surface area (Å²) in [6.45, 7) is 1.90. The molecule has 3 aromatic rings. The highest BCUT2D eigenvalue weighted by molar-refractivity contribution is 5.98. The van der Waals surface area contributed by atoms with Crippen molar-refractivity contribution >= 4 is 23.3 Å². The lowest BCUT2D eigenvalue weighted by Gasteiger charge is -2.11. The molecule has 0 aliphatic rings. The van der Waals surface area contributed by atoms with Gasteiger partial charge < -0.3 is 14.8 Å². The molecule has 0 saturated heterocycles. The number of nitrogens with zero attached hydrogens (tertiary/aromatic N) is 3. The van der Waals surface area contributed by atoms with Gasteiger partial charge in [0.1, 0.15) is 5.70 Å². The van der Waals surface area contributed by atoms with Crippen LogP contribution in [0.15, 0.2) is 54.4 Å². The van der Waals surface area contributed by atoms with E-state index in [2.05, 4.69) is 20.1 Å². The van der Waals surface area contributed by atoms with Gasteiger partial charge in [-0.3, -0.25) is 0 Å². The van der Waals surface area contributed by atoms with E-state index in [9.17, 15) is 9.59 Å². The van der Waals surface area contributed by atoms with Crippen LogP contribution in [0, 0.1) is 6.92 Å². The van der Waals surface area contributed by atoms with Crippen molar-refractivity contribution in [3.05, 3.63) is 60.1 Å². The molecule has 0 aliphatic carbocycles. The van der Waals surface area contributed by atoms with Crippen molar-refractivity contribution in [2.45, 2.75) is 6.92 Å². The minimum Gasteiger partial charge on any atom is -0.466 e. The third kappa shape index (κ3) is 3.95. The lowest BCUT2D eigenvalue weighted by atomic mass is 10.1. The van der Waals surface area contributed by atoms with E-state index < -0.39 is 11.9 Å². The predicted octanol–water partition coefficient (Wildman–Crippen LogP) is 2.35. The molecule has 2 heterocycles. The summed E-state index contributed by atoms with van der Waals surface area (Å²) >= 11 is 0. The smallest absolute Gasteiger partial charge is 0.354 e. The van der Waals surface area contributed by atoms with E-state index in [4.69, 9.17) is 4.74 Å². The highest BCUT2D eigenvalue weighted by Crippen LogP contribution is 2.24. The number of esters is 2. The van der Waals surface area contributed by atoms with E-state index in [1.807, 2.05) is 37.3 Å². The molecular formula is C19H18N4O4. The molecule has 0 atom stereocenters. The van der Waals surface area contributed by atoms with Crippen LogP contribution >= 0.6 is 0 Å². The number of carbonyl (C=O) groups excluding carboxylic acids is 2. The average Bonchev–Trinajstić information content (AvgIpc) is 3.07. The van der Waals surface area contributed by atoms with Crippen LogP contribution in [0.25, 0.3) is 16.9 Å². The fraction of sp³-hybridized carbons (Fsp3) is 0.158. The summed E-state index contributed by atoms with van der Waals surface area (Å²) in [7, 11) is 2.47. The molecule has 0 amide bonds. The number of fused-ring (bicyclic) bond motifs is 1.